The summed E-state index contributed by atoms with van der Waals surface area (Å²) in [6.07, 6.45) is 1.51. The van der Waals surface area contributed by atoms with Crippen LogP contribution in [0, 0.1) is 0 Å². The highest BCUT2D eigenvalue weighted by atomic mass is 35.5. The first-order valence-corrected chi connectivity index (χ1v) is 6.05. The average Bonchev–Trinajstić information content (AvgIpc) is 2.41. The number of aromatic nitrogens is 1. The molecule has 0 radical (unpaired) electrons. The monoisotopic (exact) mass is 276 g/mol. The molecule has 0 aliphatic carbocycles. The Morgan fingerprint density at radius 3 is 2.37 bits per heavy atom. The molecule has 0 spiro atoms. The van der Waals surface area contributed by atoms with Crippen molar-refractivity contribution in [1.82, 2.24) is 9.88 Å². The van der Waals surface area contributed by atoms with E-state index >= 15 is 0 Å². The Morgan fingerprint density at radius 1 is 1.16 bits per heavy atom. The lowest BCUT2D eigenvalue weighted by molar-refractivity contribution is 0.0827. The highest BCUT2D eigenvalue weighted by molar-refractivity contribution is 6.30. The summed E-state index contributed by atoms with van der Waals surface area (Å²) in [6, 6.07) is 10.3. The zero-order chi connectivity index (χ0) is 13.8. The van der Waals surface area contributed by atoms with Gasteiger partial charge < -0.3 is 9.64 Å². The Bertz CT molecular complexity index is 565. The van der Waals surface area contributed by atoms with Gasteiger partial charge in [-0.3, -0.25) is 4.79 Å². The fourth-order valence-electron chi connectivity index (χ4n) is 1.47. The van der Waals surface area contributed by atoms with Gasteiger partial charge in [0, 0.05) is 31.9 Å². The second-order valence-corrected chi connectivity index (χ2v) is 4.58. The van der Waals surface area contributed by atoms with Crippen LogP contribution in [0.4, 0.5) is 0 Å². The molecule has 0 saturated carbocycles. The quantitative estimate of drug-likeness (QED) is 0.864. The highest BCUT2D eigenvalue weighted by Crippen LogP contribution is 2.21. The van der Waals surface area contributed by atoms with E-state index in [0.29, 0.717) is 22.2 Å². The molecule has 0 fully saturated rings. The molecule has 0 aliphatic heterocycles. The molecule has 0 bridgehead atoms. The van der Waals surface area contributed by atoms with E-state index in [2.05, 4.69) is 4.98 Å². The number of halogens is 1. The van der Waals surface area contributed by atoms with Gasteiger partial charge in [-0.2, -0.15) is 0 Å². The summed E-state index contributed by atoms with van der Waals surface area (Å²) in [5.74, 6) is 1.03. The fourth-order valence-corrected chi connectivity index (χ4v) is 1.58. The van der Waals surface area contributed by atoms with Crippen LogP contribution in [0.2, 0.25) is 5.02 Å². The van der Waals surface area contributed by atoms with Crippen molar-refractivity contribution in [2.24, 2.45) is 0 Å². The van der Waals surface area contributed by atoms with Gasteiger partial charge >= 0.3 is 0 Å². The maximum Gasteiger partial charge on any atom is 0.253 e. The maximum absolute atomic E-state index is 11.7. The molecule has 19 heavy (non-hydrogen) atoms. The predicted octanol–water partition coefficient (Wildman–Crippen LogP) is 3.23. The normalized spacial score (nSPS) is 10.1. The van der Waals surface area contributed by atoms with E-state index in [-0.39, 0.29) is 5.91 Å². The number of benzene rings is 1. The van der Waals surface area contributed by atoms with Crippen molar-refractivity contribution in [3.8, 4) is 11.6 Å². The summed E-state index contributed by atoms with van der Waals surface area (Å²) in [5.41, 5.74) is 0.612. The van der Waals surface area contributed by atoms with Crippen LogP contribution >= 0.6 is 11.6 Å². The number of amides is 1. The molecule has 0 atom stereocenters. The molecule has 4 nitrogen and oxygen atoms in total. The van der Waals surface area contributed by atoms with Crippen molar-refractivity contribution >= 4 is 17.5 Å². The third-order valence-corrected chi connectivity index (χ3v) is 2.65. The van der Waals surface area contributed by atoms with Gasteiger partial charge in [-0.1, -0.05) is 11.6 Å². The third-order valence-electron chi connectivity index (χ3n) is 2.43. The van der Waals surface area contributed by atoms with Gasteiger partial charge in [0.1, 0.15) is 5.75 Å². The van der Waals surface area contributed by atoms with Gasteiger partial charge in [-0.05, 0) is 30.3 Å². The molecule has 2 aromatic rings. The zero-order valence-electron chi connectivity index (χ0n) is 10.6. The summed E-state index contributed by atoms with van der Waals surface area (Å²) >= 11 is 5.74. The lowest BCUT2D eigenvalue weighted by atomic mass is 10.2. The topological polar surface area (TPSA) is 42.4 Å². The van der Waals surface area contributed by atoms with Gasteiger partial charge in [-0.25, -0.2) is 4.98 Å². The first-order valence-electron chi connectivity index (χ1n) is 5.67. The Morgan fingerprint density at radius 2 is 1.84 bits per heavy atom. The van der Waals surface area contributed by atoms with Crippen LogP contribution in [0.3, 0.4) is 0 Å². The van der Waals surface area contributed by atoms with Crippen molar-refractivity contribution in [3.05, 3.63) is 53.2 Å². The van der Waals surface area contributed by atoms with Gasteiger partial charge in [0.15, 0.2) is 0 Å². The highest BCUT2D eigenvalue weighted by Gasteiger charge is 2.07. The minimum atomic E-state index is -0.0452. The largest absolute Gasteiger partial charge is 0.439 e. The summed E-state index contributed by atoms with van der Waals surface area (Å²) in [4.78, 5) is 17.3. The minimum absolute atomic E-state index is 0.0452. The molecule has 0 saturated heterocycles. The van der Waals surface area contributed by atoms with Gasteiger partial charge in [0.2, 0.25) is 5.88 Å². The number of ether oxygens (including phenoxy) is 1. The molecule has 1 aromatic carbocycles. The molecule has 98 valence electrons. The Labute approximate surface area is 116 Å². The predicted molar refractivity (Wildman–Crippen MR) is 73.8 cm³/mol. The number of carbonyl (C=O) groups excluding carboxylic acids is 1. The number of rotatable bonds is 3. The summed E-state index contributed by atoms with van der Waals surface area (Å²) in [7, 11) is 3.43. The van der Waals surface area contributed by atoms with Crippen molar-refractivity contribution in [3.63, 3.8) is 0 Å². The van der Waals surface area contributed by atoms with E-state index in [1.165, 1.54) is 11.1 Å². The van der Waals surface area contributed by atoms with Crippen LogP contribution in [0.1, 0.15) is 10.4 Å². The van der Waals surface area contributed by atoms with Crippen LogP contribution in [0.5, 0.6) is 11.6 Å². The molecular formula is C14H13ClN2O2. The smallest absolute Gasteiger partial charge is 0.253 e. The molecule has 0 aliphatic rings. The van der Waals surface area contributed by atoms with Crippen molar-refractivity contribution in [1.29, 1.82) is 0 Å². The molecule has 0 unspecified atom stereocenters. The van der Waals surface area contributed by atoms with Crippen LogP contribution < -0.4 is 4.74 Å². The Hall–Kier alpha value is -2.07. The van der Waals surface area contributed by atoms with Crippen LogP contribution in [-0.2, 0) is 0 Å². The maximum atomic E-state index is 11.7. The first-order chi connectivity index (χ1) is 9.06. The minimum Gasteiger partial charge on any atom is -0.439 e. The lowest BCUT2D eigenvalue weighted by Crippen LogP contribution is -2.21. The van der Waals surface area contributed by atoms with Crippen molar-refractivity contribution < 1.29 is 9.53 Å². The van der Waals surface area contributed by atoms with Crippen LogP contribution in [-0.4, -0.2) is 29.9 Å². The fraction of sp³-hybridized carbons (Fsp3) is 0.143. The lowest BCUT2D eigenvalue weighted by Gasteiger charge is -2.10. The molecule has 1 aromatic heterocycles. The summed E-state index contributed by atoms with van der Waals surface area (Å²) < 4.78 is 5.53. The third kappa shape index (κ3) is 3.45. The molecule has 1 amide bonds. The van der Waals surface area contributed by atoms with E-state index in [0.717, 1.165) is 0 Å². The molecule has 2 rings (SSSR count). The molecular weight excluding hydrogens is 264 g/mol. The summed E-state index contributed by atoms with van der Waals surface area (Å²) in [5, 5.41) is 0.555. The van der Waals surface area contributed by atoms with Gasteiger partial charge in [0.25, 0.3) is 5.91 Å². The number of nitrogens with zero attached hydrogens (tertiary/aromatic N) is 2. The number of carbonyl (C=O) groups is 1. The SMILES string of the molecule is CN(C)C(=O)c1ccc(Oc2ccc(Cl)cn2)cc1. The molecule has 5 heteroatoms. The molecule has 0 N–H and O–H groups in total. The van der Waals surface area contributed by atoms with E-state index in [4.69, 9.17) is 16.3 Å². The van der Waals surface area contributed by atoms with E-state index in [1.807, 2.05) is 0 Å². The van der Waals surface area contributed by atoms with Crippen molar-refractivity contribution in [2.75, 3.05) is 14.1 Å². The van der Waals surface area contributed by atoms with Crippen molar-refractivity contribution in [2.45, 2.75) is 0 Å². The van der Waals surface area contributed by atoms with E-state index in [1.54, 1.807) is 50.5 Å². The van der Waals surface area contributed by atoms with Gasteiger partial charge in [-0.15, -0.1) is 0 Å². The van der Waals surface area contributed by atoms with Crippen LogP contribution in [0.25, 0.3) is 0 Å². The number of pyridine rings is 1. The zero-order valence-corrected chi connectivity index (χ0v) is 11.4. The van der Waals surface area contributed by atoms with Gasteiger partial charge in [0.05, 0.1) is 5.02 Å². The average molecular weight is 277 g/mol. The second-order valence-electron chi connectivity index (χ2n) is 4.14. The second kappa shape index (κ2) is 5.71. The van der Waals surface area contributed by atoms with E-state index < -0.39 is 0 Å². The van der Waals surface area contributed by atoms with E-state index in [9.17, 15) is 4.79 Å². The Kier molecular flexibility index (Phi) is 4.02. The number of hydrogen-bond donors (Lipinski definition) is 0. The number of hydrogen-bond acceptors (Lipinski definition) is 3. The standard InChI is InChI=1S/C14H13ClN2O2/c1-17(2)14(18)10-3-6-12(7-4-10)19-13-8-5-11(15)9-16-13/h3-9H,1-2H3. The summed E-state index contributed by atoms with van der Waals surface area (Å²) in [6.45, 7) is 0. The first kappa shape index (κ1) is 13.4. The Balaban J connectivity index is 2.10. The molecule has 1 heterocycles. The van der Waals surface area contributed by atoms with Crippen LogP contribution in [0.15, 0.2) is 42.6 Å².